The second kappa shape index (κ2) is 4.92. The lowest BCUT2D eigenvalue weighted by atomic mass is 10.1. The van der Waals surface area contributed by atoms with Crippen LogP contribution in [0.15, 0.2) is 21.3 Å². The fourth-order valence-electron chi connectivity index (χ4n) is 2.17. The number of hydrogen-bond donors (Lipinski definition) is 0. The number of ether oxygens (including phenoxy) is 1. The Morgan fingerprint density at radius 1 is 1.15 bits per heavy atom. The second-order valence-electron chi connectivity index (χ2n) is 4.65. The van der Waals surface area contributed by atoms with Gasteiger partial charge < -0.3 is 9.15 Å². The summed E-state index contributed by atoms with van der Waals surface area (Å²) in [5.41, 5.74) is 0.586. The second-order valence-corrected chi connectivity index (χ2v) is 4.65. The van der Waals surface area contributed by atoms with E-state index in [9.17, 15) is 14.4 Å². The molecule has 104 valence electrons. The number of hydrogen-bond acceptors (Lipinski definition) is 5. The third-order valence-electron chi connectivity index (χ3n) is 2.89. The van der Waals surface area contributed by atoms with Gasteiger partial charge in [0.1, 0.15) is 28.0 Å². The van der Waals surface area contributed by atoms with Crippen LogP contribution in [-0.2, 0) is 4.79 Å². The van der Waals surface area contributed by atoms with Crippen LogP contribution in [0.3, 0.4) is 0 Å². The number of Topliss-reactive ketones (excluding diaryl/α,β-unsaturated/α-hetero) is 1. The summed E-state index contributed by atoms with van der Waals surface area (Å²) in [6.07, 6.45) is 0. The van der Waals surface area contributed by atoms with Crippen LogP contribution < -0.4 is 10.2 Å². The van der Waals surface area contributed by atoms with Crippen LogP contribution in [0.5, 0.6) is 5.75 Å². The molecular weight excluding hydrogens is 260 g/mol. The maximum atomic E-state index is 12.4. The zero-order chi connectivity index (χ0) is 15.0. The van der Waals surface area contributed by atoms with Crippen molar-refractivity contribution in [3.05, 3.63) is 39.2 Å². The van der Waals surface area contributed by atoms with E-state index in [1.54, 1.807) is 26.0 Å². The first-order valence-electron chi connectivity index (χ1n) is 6.08. The van der Waals surface area contributed by atoms with E-state index in [1.165, 1.54) is 13.8 Å². The predicted octanol–water partition coefficient (Wildman–Crippen LogP) is 2.54. The van der Waals surface area contributed by atoms with Crippen LogP contribution in [-0.4, -0.2) is 11.8 Å². The molecule has 2 aromatic rings. The third kappa shape index (κ3) is 2.34. The Kier molecular flexibility index (Phi) is 3.44. The number of carbonyl (C=O) groups excluding carboxylic acids is 2. The molecule has 1 aromatic carbocycles. The lowest BCUT2D eigenvalue weighted by Crippen LogP contribution is -2.16. The Labute approximate surface area is 115 Å². The van der Waals surface area contributed by atoms with Gasteiger partial charge in [-0.15, -0.1) is 0 Å². The Morgan fingerprint density at radius 3 is 2.35 bits per heavy atom. The van der Waals surface area contributed by atoms with Crippen molar-refractivity contribution in [1.82, 2.24) is 0 Å². The fourth-order valence-corrected chi connectivity index (χ4v) is 2.17. The largest absolute Gasteiger partial charge is 0.460 e. The predicted molar refractivity (Wildman–Crippen MR) is 73.3 cm³/mol. The average molecular weight is 274 g/mol. The van der Waals surface area contributed by atoms with Crippen molar-refractivity contribution in [2.45, 2.75) is 27.7 Å². The minimum Gasteiger partial charge on any atom is -0.460 e. The van der Waals surface area contributed by atoms with Crippen LogP contribution >= 0.6 is 0 Å². The van der Waals surface area contributed by atoms with Gasteiger partial charge >= 0.3 is 5.97 Å². The van der Waals surface area contributed by atoms with Gasteiger partial charge in [0.2, 0.25) is 5.43 Å². The van der Waals surface area contributed by atoms with E-state index in [-0.39, 0.29) is 28.2 Å². The van der Waals surface area contributed by atoms with Gasteiger partial charge in [0, 0.05) is 6.92 Å². The molecule has 0 saturated carbocycles. The first kappa shape index (κ1) is 14.0. The molecule has 0 N–H and O–H groups in total. The van der Waals surface area contributed by atoms with E-state index in [0.29, 0.717) is 5.58 Å². The molecule has 5 heteroatoms. The highest BCUT2D eigenvalue weighted by molar-refractivity contribution is 5.99. The summed E-state index contributed by atoms with van der Waals surface area (Å²) >= 11 is 0. The number of esters is 1. The summed E-state index contributed by atoms with van der Waals surface area (Å²) in [5, 5.41) is 0.113. The minimum atomic E-state index is -0.541. The smallest absolute Gasteiger partial charge is 0.308 e. The monoisotopic (exact) mass is 274 g/mol. The molecule has 2 rings (SSSR count). The Morgan fingerprint density at radius 2 is 1.80 bits per heavy atom. The number of rotatable bonds is 2. The molecule has 0 amide bonds. The molecule has 0 spiro atoms. The van der Waals surface area contributed by atoms with Crippen LogP contribution in [0.2, 0.25) is 0 Å². The van der Waals surface area contributed by atoms with Gasteiger partial charge in [-0.2, -0.15) is 0 Å². The molecular formula is C15H14O5. The number of ketones is 1. The molecule has 20 heavy (non-hydrogen) atoms. The van der Waals surface area contributed by atoms with E-state index in [4.69, 9.17) is 9.15 Å². The summed E-state index contributed by atoms with van der Waals surface area (Å²) in [6.45, 7) is 5.90. The third-order valence-corrected chi connectivity index (χ3v) is 2.89. The normalized spacial score (nSPS) is 10.6. The molecule has 0 fully saturated rings. The van der Waals surface area contributed by atoms with Gasteiger partial charge in [-0.3, -0.25) is 14.4 Å². The van der Waals surface area contributed by atoms with Crippen LogP contribution in [0.1, 0.15) is 35.5 Å². The van der Waals surface area contributed by atoms with E-state index in [0.717, 1.165) is 5.56 Å². The average Bonchev–Trinajstić information content (AvgIpc) is 2.25. The highest BCUT2D eigenvalue weighted by Crippen LogP contribution is 2.27. The molecule has 5 nitrogen and oxygen atoms in total. The van der Waals surface area contributed by atoms with Crippen molar-refractivity contribution < 1.29 is 18.7 Å². The van der Waals surface area contributed by atoms with Crippen molar-refractivity contribution in [1.29, 1.82) is 0 Å². The van der Waals surface area contributed by atoms with Crippen LogP contribution in [0, 0.1) is 13.8 Å². The molecule has 0 atom stereocenters. The van der Waals surface area contributed by atoms with Gasteiger partial charge in [0.15, 0.2) is 5.78 Å². The highest BCUT2D eigenvalue weighted by atomic mass is 16.5. The standard InChI is InChI=1S/C15H14O5/c1-7-5-11-14(12(6-7)20-10(4)17)15(18)13(8(2)16)9(3)19-11/h5-6H,1-4H3. The summed E-state index contributed by atoms with van der Waals surface area (Å²) in [6, 6.07) is 3.24. The zero-order valence-electron chi connectivity index (χ0n) is 11.7. The van der Waals surface area contributed by atoms with Crippen LogP contribution in [0.4, 0.5) is 0 Å². The summed E-state index contributed by atoms with van der Waals surface area (Å²) in [4.78, 5) is 35.1. The van der Waals surface area contributed by atoms with Gasteiger partial charge in [-0.1, -0.05) is 0 Å². The first-order chi connectivity index (χ1) is 9.31. The zero-order valence-corrected chi connectivity index (χ0v) is 11.7. The summed E-state index contributed by atoms with van der Waals surface area (Å²) in [7, 11) is 0. The molecule has 1 aromatic heterocycles. The molecule has 0 bridgehead atoms. The number of fused-ring (bicyclic) bond motifs is 1. The molecule has 0 unspecified atom stereocenters. The van der Waals surface area contributed by atoms with E-state index < -0.39 is 11.4 Å². The van der Waals surface area contributed by atoms with Gasteiger partial charge in [-0.05, 0) is 38.5 Å². The molecule has 0 saturated heterocycles. The van der Waals surface area contributed by atoms with Crippen molar-refractivity contribution in [3.8, 4) is 5.75 Å². The van der Waals surface area contributed by atoms with Gasteiger partial charge in [0.05, 0.1) is 0 Å². The van der Waals surface area contributed by atoms with E-state index in [1.807, 2.05) is 0 Å². The molecule has 0 aliphatic heterocycles. The maximum absolute atomic E-state index is 12.4. The number of benzene rings is 1. The first-order valence-corrected chi connectivity index (χ1v) is 6.08. The quantitative estimate of drug-likeness (QED) is 0.478. The van der Waals surface area contributed by atoms with Crippen molar-refractivity contribution >= 4 is 22.7 Å². The van der Waals surface area contributed by atoms with Crippen molar-refractivity contribution in [2.24, 2.45) is 0 Å². The number of aryl methyl sites for hydroxylation is 2. The minimum absolute atomic E-state index is 0.0187. The maximum Gasteiger partial charge on any atom is 0.308 e. The highest BCUT2D eigenvalue weighted by Gasteiger charge is 2.19. The number of carbonyl (C=O) groups is 2. The molecule has 0 radical (unpaired) electrons. The fraction of sp³-hybridized carbons (Fsp3) is 0.267. The van der Waals surface area contributed by atoms with Crippen molar-refractivity contribution in [3.63, 3.8) is 0 Å². The summed E-state index contributed by atoms with van der Waals surface area (Å²) in [5.74, 6) is -0.549. The lowest BCUT2D eigenvalue weighted by molar-refractivity contribution is -0.131. The van der Waals surface area contributed by atoms with Gasteiger partial charge in [-0.25, -0.2) is 0 Å². The van der Waals surface area contributed by atoms with E-state index in [2.05, 4.69) is 0 Å². The Balaban J connectivity index is 2.93. The molecule has 0 aliphatic rings. The summed E-state index contributed by atoms with van der Waals surface area (Å²) < 4.78 is 10.6. The SMILES string of the molecule is CC(=O)Oc1cc(C)cc2oc(C)c(C(C)=O)c(=O)c12. The van der Waals surface area contributed by atoms with Crippen molar-refractivity contribution in [2.75, 3.05) is 0 Å². The molecule has 1 heterocycles. The Bertz CT molecular complexity index is 783. The topological polar surface area (TPSA) is 73.6 Å². The Hall–Kier alpha value is -2.43. The van der Waals surface area contributed by atoms with Crippen LogP contribution in [0.25, 0.3) is 11.0 Å². The lowest BCUT2D eigenvalue weighted by Gasteiger charge is -2.09. The molecule has 0 aliphatic carbocycles. The van der Waals surface area contributed by atoms with E-state index >= 15 is 0 Å². The van der Waals surface area contributed by atoms with Gasteiger partial charge in [0.25, 0.3) is 0 Å².